The Balaban J connectivity index is 1.58. The highest BCUT2D eigenvalue weighted by atomic mass is 16.5. The number of aromatic nitrogens is 1. The van der Waals surface area contributed by atoms with Crippen LogP contribution in [-0.2, 0) is 16.6 Å². The van der Waals surface area contributed by atoms with Crippen molar-refractivity contribution in [3.05, 3.63) is 28.2 Å². The highest BCUT2D eigenvalue weighted by Gasteiger charge is 2.31. The van der Waals surface area contributed by atoms with Crippen molar-refractivity contribution in [2.24, 2.45) is 7.05 Å². The van der Waals surface area contributed by atoms with E-state index in [1.54, 1.807) is 36.0 Å². The summed E-state index contributed by atoms with van der Waals surface area (Å²) in [6.45, 7) is 4.28. The number of anilines is 1. The number of pyridine rings is 1. The fourth-order valence-corrected chi connectivity index (χ4v) is 3.16. The normalized spacial score (nSPS) is 20.6. The fourth-order valence-electron chi connectivity index (χ4n) is 3.16. The molecule has 8 nitrogen and oxygen atoms in total. The Kier molecular flexibility index (Phi) is 5.08. The third-order valence-electron chi connectivity index (χ3n) is 4.79. The Hall–Kier alpha value is -2.35. The van der Waals surface area contributed by atoms with Gasteiger partial charge in [-0.15, -0.1) is 0 Å². The summed E-state index contributed by atoms with van der Waals surface area (Å²) in [5, 5.41) is 2.71. The lowest BCUT2D eigenvalue weighted by Crippen LogP contribution is -2.53. The molecule has 2 aliphatic heterocycles. The number of aryl methyl sites for hydroxylation is 2. The van der Waals surface area contributed by atoms with Gasteiger partial charge in [0, 0.05) is 46.0 Å². The second-order valence-corrected chi connectivity index (χ2v) is 6.53. The van der Waals surface area contributed by atoms with Gasteiger partial charge in [0.15, 0.2) is 0 Å². The van der Waals surface area contributed by atoms with Crippen LogP contribution >= 0.6 is 0 Å². The van der Waals surface area contributed by atoms with Gasteiger partial charge in [-0.25, -0.2) is 4.79 Å². The minimum absolute atomic E-state index is 0.0188. The lowest BCUT2D eigenvalue weighted by Gasteiger charge is -2.35. The van der Waals surface area contributed by atoms with Gasteiger partial charge in [-0.05, 0) is 31.4 Å². The first kappa shape index (κ1) is 17.5. The minimum atomic E-state index is -0.324. The van der Waals surface area contributed by atoms with Crippen LogP contribution < -0.4 is 10.9 Å². The van der Waals surface area contributed by atoms with Gasteiger partial charge in [-0.1, -0.05) is 0 Å². The average Bonchev–Trinajstić information content (AvgIpc) is 3.16. The van der Waals surface area contributed by atoms with Gasteiger partial charge in [-0.3, -0.25) is 9.59 Å². The van der Waals surface area contributed by atoms with Crippen LogP contribution in [0.1, 0.15) is 18.4 Å². The summed E-state index contributed by atoms with van der Waals surface area (Å²) >= 11 is 0. The molecular weight excluding hydrogens is 324 g/mol. The predicted molar refractivity (Wildman–Crippen MR) is 92.6 cm³/mol. The van der Waals surface area contributed by atoms with Crippen molar-refractivity contribution in [1.29, 1.82) is 0 Å². The summed E-state index contributed by atoms with van der Waals surface area (Å²) in [4.78, 5) is 40.3. The Morgan fingerprint density at radius 2 is 1.88 bits per heavy atom. The molecule has 0 spiro atoms. The Bertz CT molecular complexity index is 716. The van der Waals surface area contributed by atoms with Crippen molar-refractivity contribution in [2.75, 3.05) is 38.1 Å². The maximum Gasteiger partial charge on any atom is 0.322 e. The lowest BCUT2D eigenvalue weighted by atomic mass is 10.2. The van der Waals surface area contributed by atoms with Gasteiger partial charge in [0.2, 0.25) is 0 Å². The monoisotopic (exact) mass is 348 g/mol. The van der Waals surface area contributed by atoms with Crippen LogP contribution in [0.15, 0.2) is 17.1 Å². The molecule has 0 radical (unpaired) electrons. The molecule has 1 unspecified atom stereocenters. The van der Waals surface area contributed by atoms with Gasteiger partial charge in [0.1, 0.15) is 11.8 Å². The molecule has 1 aromatic heterocycles. The van der Waals surface area contributed by atoms with Gasteiger partial charge in [-0.2, -0.15) is 0 Å². The van der Waals surface area contributed by atoms with Crippen LogP contribution in [0.4, 0.5) is 10.5 Å². The van der Waals surface area contributed by atoms with Gasteiger partial charge in [0.05, 0.1) is 0 Å². The molecule has 136 valence electrons. The van der Waals surface area contributed by atoms with Crippen molar-refractivity contribution in [1.82, 2.24) is 14.4 Å². The van der Waals surface area contributed by atoms with E-state index in [-0.39, 0.29) is 23.6 Å². The average molecular weight is 348 g/mol. The molecule has 3 rings (SSSR count). The van der Waals surface area contributed by atoms with Crippen LogP contribution in [0.25, 0.3) is 0 Å². The molecule has 3 amide bonds. The number of hydrogen-bond acceptors (Lipinski definition) is 4. The highest BCUT2D eigenvalue weighted by Crippen LogP contribution is 2.16. The number of rotatable bonds is 2. The van der Waals surface area contributed by atoms with Gasteiger partial charge < -0.3 is 24.4 Å². The molecule has 0 saturated carbocycles. The lowest BCUT2D eigenvalue weighted by molar-refractivity contribution is -0.142. The second-order valence-electron chi connectivity index (χ2n) is 6.53. The maximum absolute atomic E-state index is 12.5. The smallest absolute Gasteiger partial charge is 0.322 e. The van der Waals surface area contributed by atoms with E-state index in [4.69, 9.17) is 4.74 Å². The summed E-state index contributed by atoms with van der Waals surface area (Å²) in [6, 6.07) is 1.48. The SMILES string of the molecule is Cc1ccn(C)c(=O)c1NC(=O)N1CCN(C(=O)C2CCCO2)CC1. The molecule has 2 saturated heterocycles. The number of hydrogen-bond donors (Lipinski definition) is 1. The van der Waals surface area contributed by atoms with Crippen LogP contribution in [0.2, 0.25) is 0 Å². The Labute approximate surface area is 146 Å². The van der Waals surface area contributed by atoms with Crippen molar-refractivity contribution in [2.45, 2.75) is 25.9 Å². The zero-order valence-corrected chi connectivity index (χ0v) is 14.7. The second kappa shape index (κ2) is 7.26. The molecule has 0 aromatic carbocycles. The summed E-state index contributed by atoms with van der Waals surface area (Å²) in [5.74, 6) is 0.0188. The maximum atomic E-state index is 12.5. The number of carbonyl (C=O) groups excluding carboxylic acids is 2. The fraction of sp³-hybridized carbons (Fsp3) is 0.588. The van der Waals surface area contributed by atoms with E-state index in [2.05, 4.69) is 5.32 Å². The molecule has 3 heterocycles. The summed E-state index contributed by atoms with van der Waals surface area (Å²) in [6.07, 6.45) is 3.04. The van der Waals surface area contributed by atoms with Crippen LogP contribution in [0.5, 0.6) is 0 Å². The van der Waals surface area contributed by atoms with E-state index in [1.165, 1.54) is 4.57 Å². The van der Waals surface area contributed by atoms with Crippen molar-refractivity contribution >= 4 is 17.6 Å². The first-order valence-electron chi connectivity index (χ1n) is 8.60. The third-order valence-corrected chi connectivity index (χ3v) is 4.79. The summed E-state index contributed by atoms with van der Waals surface area (Å²) in [5.41, 5.74) is 0.789. The molecular formula is C17H24N4O4. The molecule has 2 aliphatic rings. The quantitative estimate of drug-likeness (QED) is 0.846. The number of piperazine rings is 1. The number of urea groups is 1. The first-order chi connectivity index (χ1) is 12.0. The number of nitrogens with one attached hydrogen (secondary N) is 1. The first-order valence-corrected chi connectivity index (χ1v) is 8.60. The number of carbonyl (C=O) groups is 2. The largest absolute Gasteiger partial charge is 0.368 e. The van der Waals surface area contributed by atoms with Crippen molar-refractivity contribution in [3.8, 4) is 0 Å². The molecule has 2 fully saturated rings. The topological polar surface area (TPSA) is 83.9 Å². The van der Waals surface area contributed by atoms with E-state index in [9.17, 15) is 14.4 Å². The van der Waals surface area contributed by atoms with Crippen molar-refractivity contribution < 1.29 is 14.3 Å². The van der Waals surface area contributed by atoms with Crippen molar-refractivity contribution in [3.63, 3.8) is 0 Å². The number of ether oxygens (including phenoxy) is 1. The Morgan fingerprint density at radius 1 is 1.20 bits per heavy atom. The zero-order valence-electron chi connectivity index (χ0n) is 14.7. The molecule has 25 heavy (non-hydrogen) atoms. The molecule has 8 heteroatoms. The van der Waals surface area contributed by atoms with Gasteiger partial charge >= 0.3 is 6.03 Å². The standard InChI is InChI=1S/C17H24N4O4/c1-12-5-6-19(2)16(23)14(12)18-17(24)21-9-7-20(8-10-21)15(22)13-4-3-11-25-13/h5-6,13H,3-4,7-11H2,1-2H3,(H,18,24). The van der Waals surface area contributed by atoms with Crippen LogP contribution in [-0.4, -0.2) is 65.2 Å². The zero-order chi connectivity index (χ0) is 18.0. The molecule has 0 bridgehead atoms. The molecule has 1 aromatic rings. The molecule has 1 N–H and O–H groups in total. The molecule has 0 aliphatic carbocycles. The number of nitrogens with zero attached hydrogens (tertiary/aromatic N) is 3. The minimum Gasteiger partial charge on any atom is -0.368 e. The predicted octanol–water partition coefficient (Wildman–Crippen LogP) is 0.549. The number of amides is 3. The summed E-state index contributed by atoms with van der Waals surface area (Å²) in [7, 11) is 1.65. The van der Waals surface area contributed by atoms with Crippen LogP contribution in [0.3, 0.4) is 0 Å². The van der Waals surface area contributed by atoms with Gasteiger partial charge in [0.25, 0.3) is 11.5 Å². The van der Waals surface area contributed by atoms with E-state index in [1.807, 2.05) is 0 Å². The third kappa shape index (κ3) is 3.68. The highest BCUT2D eigenvalue weighted by molar-refractivity contribution is 5.90. The Morgan fingerprint density at radius 3 is 2.52 bits per heavy atom. The van der Waals surface area contributed by atoms with Crippen LogP contribution in [0, 0.1) is 6.92 Å². The molecule has 1 atom stereocenters. The van der Waals surface area contributed by atoms with E-state index in [0.717, 1.165) is 18.4 Å². The van der Waals surface area contributed by atoms with E-state index >= 15 is 0 Å². The van der Waals surface area contributed by atoms with E-state index in [0.29, 0.717) is 38.5 Å². The summed E-state index contributed by atoms with van der Waals surface area (Å²) < 4.78 is 6.87. The van der Waals surface area contributed by atoms with E-state index < -0.39 is 0 Å².